The maximum absolute atomic E-state index is 6.40. The molecule has 1 unspecified atom stereocenters. The summed E-state index contributed by atoms with van der Waals surface area (Å²) < 4.78 is 21.9. The van der Waals surface area contributed by atoms with Crippen molar-refractivity contribution in [2.45, 2.75) is 19.9 Å². The molecule has 3 aromatic rings. The lowest BCUT2D eigenvalue weighted by molar-refractivity contribution is 0.310. The number of H-pyrrole nitrogens is 1. The second kappa shape index (κ2) is 9.29. The van der Waals surface area contributed by atoms with Crippen molar-refractivity contribution in [2.75, 3.05) is 27.4 Å². The average molecular weight is 398 g/mol. The van der Waals surface area contributed by atoms with Crippen molar-refractivity contribution in [3.8, 4) is 34.4 Å². The topological polar surface area (TPSA) is 105 Å². The van der Waals surface area contributed by atoms with Crippen LogP contribution in [0.3, 0.4) is 0 Å². The Labute approximate surface area is 170 Å². The summed E-state index contributed by atoms with van der Waals surface area (Å²) in [4.78, 5) is 4.57. The van der Waals surface area contributed by atoms with Gasteiger partial charge in [-0.05, 0) is 49.7 Å². The first-order chi connectivity index (χ1) is 14.1. The number of hydrogen-bond acceptors (Lipinski definition) is 7. The molecule has 0 saturated heterocycles. The number of methoxy groups -OCH3 is 2. The fraction of sp³-hybridized carbons (Fsp3) is 0.333. The average Bonchev–Trinajstić information content (AvgIpc) is 3.24. The second-order valence-corrected chi connectivity index (χ2v) is 6.16. The van der Waals surface area contributed by atoms with E-state index in [9.17, 15) is 0 Å². The lowest BCUT2D eigenvalue weighted by Crippen LogP contribution is -2.14. The Morgan fingerprint density at radius 2 is 1.59 bits per heavy atom. The smallest absolute Gasteiger partial charge is 0.181 e. The third-order valence-corrected chi connectivity index (χ3v) is 4.37. The van der Waals surface area contributed by atoms with Crippen LogP contribution in [0.25, 0.3) is 11.4 Å². The van der Waals surface area contributed by atoms with Gasteiger partial charge in [-0.25, -0.2) is 4.98 Å². The summed E-state index contributed by atoms with van der Waals surface area (Å²) in [6, 6.07) is 10.6. The van der Waals surface area contributed by atoms with Crippen molar-refractivity contribution in [3.05, 3.63) is 47.8 Å². The number of hydrogen-bond donors (Lipinski definition) is 2. The summed E-state index contributed by atoms with van der Waals surface area (Å²) in [5.74, 6) is 3.66. The van der Waals surface area contributed by atoms with Gasteiger partial charge < -0.3 is 24.7 Å². The number of aromatic nitrogens is 3. The molecule has 0 bridgehead atoms. The second-order valence-electron chi connectivity index (χ2n) is 6.16. The van der Waals surface area contributed by atoms with Gasteiger partial charge in [-0.15, -0.1) is 0 Å². The summed E-state index contributed by atoms with van der Waals surface area (Å²) in [5, 5.41) is 7.24. The highest BCUT2D eigenvalue weighted by atomic mass is 16.5. The number of benzene rings is 2. The highest BCUT2D eigenvalue weighted by Crippen LogP contribution is 2.33. The Hall–Kier alpha value is -3.26. The van der Waals surface area contributed by atoms with Gasteiger partial charge in [0.05, 0.1) is 33.5 Å². The quantitative estimate of drug-likeness (QED) is 0.569. The molecule has 0 amide bonds. The number of rotatable bonds is 9. The Bertz CT molecular complexity index is 958. The van der Waals surface area contributed by atoms with E-state index in [4.69, 9.17) is 24.7 Å². The number of nitrogens with two attached hydrogens (primary N) is 1. The molecular formula is C21H26N4O4. The number of nitrogens with zero attached hydrogens (tertiary/aromatic N) is 2. The fourth-order valence-electron chi connectivity index (χ4n) is 2.94. The number of ether oxygens (including phenoxy) is 4. The molecule has 3 N–H and O–H groups in total. The van der Waals surface area contributed by atoms with E-state index < -0.39 is 6.04 Å². The van der Waals surface area contributed by atoms with Gasteiger partial charge in [0, 0.05) is 5.56 Å². The fourth-order valence-corrected chi connectivity index (χ4v) is 2.94. The molecule has 154 valence electrons. The van der Waals surface area contributed by atoms with E-state index in [1.807, 2.05) is 50.2 Å². The first-order valence-corrected chi connectivity index (χ1v) is 9.41. The molecule has 0 saturated carbocycles. The zero-order chi connectivity index (χ0) is 20.8. The molecule has 0 aliphatic heterocycles. The first kappa shape index (κ1) is 20.5. The van der Waals surface area contributed by atoms with Gasteiger partial charge in [0.15, 0.2) is 28.8 Å². The zero-order valence-electron chi connectivity index (χ0n) is 17.1. The zero-order valence-corrected chi connectivity index (χ0v) is 17.1. The van der Waals surface area contributed by atoms with E-state index >= 15 is 0 Å². The van der Waals surface area contributed by atoms with Gasteiger partial charge in [-0.2, -0.15) is 5.10 Å². The molecule has 1 heterocycles. The monoisotopic (exact) mass is 398 g/mol. The van der Waals surface area contributed by atoms with Gasteiger partial charge in [-0.1, -0.05) is 6.07 Å². The SMILES string of the molecule is CCOc1ccc(C(N)c2nc(-c3ccc(OC)c(OCC)c3)n[nH]2)cc1OC. The van der Waals surface area contributed by atoms with E-state index in [1.54, 1.807) is 14.2 Å². The van der Waals surface area contributed by atoms with Crippen molar-refractivity contribution < 1.29 is 18.9 Å². The van der Waals surface area contributed by atoms with Crippen LogP contribution in [0.4, 0.5) is 0 Å². The molecule has 0 aliphatic rings. The van der Waals surface area contributed by atoms with E-state index in [-0.39, 0.29) is 0 Å². The molecule has 2 aromatic carbocycles. The van der Waals surface area contributed by atoms with Crippen LogP contribution in [-0.2, 0) is 0 Å². The minimum Gasteiger partial charge on any atom is -0.493 e. The van der Waals surface area contributed by atoms with Crippen LogP contribution in [0.2, 0.25) is 0 Å². The Kier molecular flexibility index (Phi) is 6.56. The van der Waals surface area contributed by atoms with Crippen molar-refractivity contribution in [1.82, 2.24) is 15.2 Å². The van der Waals surface area contributed by atoms with Crippen molar-refractivity contribution in [1.29, 1.82) is 0 Å². The van der Waals surface area contributed by atoms with E-state index in [0.717, 1.165) is 11.1 Å². The predicted molar refractivity (Wildman–Crippen MR) is 110 cm³/mol. The number of aromatic amines is 1. The summed E-state index contributed by atoms with van der Waals surface area (Å²) in [7, 11) is 3.20. The molecule has 3 rings (SSSR count). The maximum Gasteiger partial charge on any atom is 0.181 e. The Morgan fingerprint density at radius 3 is 2.28 bits per heavy atom. The number of nitrogens with one attached hydrogen (secondary N) is 1. The maximum atomic E-state index is 6.40. The molecule has 1 aromatic heterocycles. The highest BCUT2D eigenvalue weighted by molar-refractivity contribution is 5.61. The molecule has 0 radical (unpaired) electrons. The summed E-state index contributed by atoms with van der Waals surface area (Å²) in [6.07, 6.45) is 0. The third kappa shape index (κ3) is 4.43. The van der Waals surface area contributed by atoms with Crippen molar-refractivity contribution in [3.63, 3.8) is 0 Å². The molecule has 0 spiro atoms. The van der Waals surface area contributed by atoms with E-state index in [0.29, 0.717) is 47.9 Å². The van der Waals surface area contributed by atoms with Crippen LogP contribution in [-0.4, -0.2) is 42.6 Å². The van der Waals surface area contributed by atoms with E-state index in [2.05, 4.69) is 15.2 Å². The molecule has 0 fully saturated rings. The van der Waals surface area contributed by atoms with Crippen LogP contribution >= 0.6 is 0 Å². The largest absolute Gasteiger partial charge is 0.493 e. The standard InChI is InChI=1S/C21H26N4O4/c1-5-28-16-10-7-13(11-17(16)27-4)19(22)21-23-20(24-25-21)14-8-9-15(26-3)18(12-14)29-6-2/h7-12,19H,5-6,22H2,1-4H3,(H,23,24,25). The molecule has 29 heavy (non-hydrogen) atoms. The van der Waals surface area contributed by atoms with Crippen LogP contribution in [0.15, 0.2) is 36.4 Å². The molecule has 8 heteroatoms. The van der Waals surface area contributed by atoms with Crippen LogP contribution in [0.1, 0.15) is 31.3 Å². The van der Waals surface area contributed by atoms with Crippen molar-refractivity contribution >= 4 is 0 Å². The molecule has 8 nitrogen and oxygen atoms in total. The molecule has 1 atom stereocenters. The lowest BCUT2D eigenvalue weighted by Gasteiger charge is -2.13. The minimum atomic E-state index is -0.495. The van der Waals surface area contributed by atoms with Gasteiger partial charge >= 0.3 is 0 Å². The van der Waals surface area contributed by atoms with Crippen LogP contribution in [0.5, 0.6) is 23.0 Å². The highest BCUT2D eigenvalue weighted by Gasteiger charge is 2.18. The van der Waals surface area contributed by atoms with E-state index in [1.165, 1.54) is 0 Å². The Morgan fingerprint density at radius 1 is 0.897 bits per heavy atom. The van der Waals surface area contributed by atoms with Gasteiger partial charge in [0.25, 0.3) is 0 Å². The summed E-state index contributed by atoms with van der Waals surface area (Å²) in [6.45, 7) is 4.93. The molecule has 0 aliphatic carbocycles. The van der Waals surface area contributed by atoms with Gasteiger partial charge in [0.1, 0.15) is 5.82 Å². The first-order valence-electron chi connectivity index (χ1n) is 9.41. The van der Waals surface area contributed by atoms with Gasteiger partial charge in [0.2, 0.25) is 0 Å². The Balaban J connectivity index is 1.87. The van der Waals surface area contributed by atoms with Gasteiger partial charge in [-0.3, -0.25) is 5.10 Å². The summed E-state index contributed by atoms with van der Waals surface area (Å²) in [5.41, 5.74) is 8.03. The van der Waals surface area contributed by atoms with Crippen molar-refractivity contribution in [2.24, 2.45) is 5.73 Å². The third-order valence-electron chi connectivity index (χ3n) is 4.37. The normalized spacial score (nSPS) is 11.8. The molecular weight excluding hydrogens is 372 g/mol. The van der Waals surface area contributed by atoms with Crippen LogP contribution in [0, 0.1) is 0 Å². The van der Waals surface area contributed by atoms with Crippen LogP contribution < -0.4 is 24.7 Å². The predicted octanol–water partition coefficient (Wildman–Crippen LogP) is 3.33. The summed E-state index contributed by atoms with van der Waals surface area (Å²) >= 11 is 0. The minimum absolute atomic E-state index is 0.495. The lowest BCUT2D eigenvalue weighted by atomic mass is 10.1.